The molecule has 0 saturated carbocycles. The molecule has 0 spiro atoms. The lowest BCUT2D eigenvalue weighted by molar-refractivity contribution is -0.122. The van der Waals surface area contributed by atoms with Gasteiger partial charge in [-0.3, -0.25) is 9.59 Å². The van der Waals surface area contributed by atoms with Crippen LogP contribution in [0.5, 0.6) is 0 Å². The van der Waals surface area contributed by atoms with Gasteiger partial charge in [0, 0.05) is 16.3 Å². The van der Waals surface area contributed by atoms with Crippen molar-refractivity contribution < 1.29 is 18.4 Å². The van der Waals surface area contributed by atoms with Gasteiger partial charge < -0.3 is 0 Å². The number of halogens is 3. The van der Waals surface area contributed by atoms with Gasteiger partial charge in [0.15, 0.2) is 11.6 Å². The fourth-order valence-corrected chi connectivity index (χ4v) is 2.31. The van der Waals surface area contributed by atoms with E-state index in [2.05, 4.69) is 15.9 Å². The zero-order chi connectivity index (χ0) is 13.6. The molecule has 0 aromatic heterocycles. The molecule has 2 atom stereocenters. The van der Waals surface area contributed by atoms with Crippen molar-refractivity contribution in [3.63, 3.8) is 0 Å². The minimum absolute atomic E-state index is 0.210. The SMILES string of the molecule is CC1C(=O)N(c2c(F)cc(Br)cc2F)C(=O)C1C. The smallest absolute Gasteiger partial charge is 0.237 e. The summed E-state index contributed by atoms with van der Waals surface area (Å²) >= 11 is 2.94. The summed E-state index contributed by atoms with van der Waals surface area (Å²) in [6.07, 6.45) is 0. The zero-order valence-corrected chi connectivity index (χ0v) is 11.3. The summed E-state index contributed by atoms with van der Waals surface area (Å²) < 4.78 is 27.7. The predicted octanol–water partition coefficient (Wildman–Crippen LogP) is 2.87. The Morgan fingerprint density at radius 2 is 1.44 bits per heavy atom. The Morgan fingerprint density at radius 3 is 1.83 bits per heavy atom. The third-order valence-corrected chi connectivity index (χ3v) is 3.63. The summed E-state index contributed by atoms with van der Waals surface area (Å²) in [6, 6.07) is 2.04. The number of hydrogen-bond acceptors (Lipinski definition) is 2. The highest BCUT2D eigenvalue weighted by Crippen LogP contribution is 2.34. The third-order valence-electron chi connectivity index (χ3n) is 3.18. The number of nitrogens with zero attached hydrogens (tertiary/aromatic N) is 1. The number of amides is 2. The van der Waals surface area contributed by atoms with E-state index in [1.165, 1.54) is 0 Å². The van der Waals surface area contributed by atoms with Crippen LogP contribution in [0.15, 0.2) is 16.6 Å². The molecule has 1 saturated heterocycles. The molecule has 1 aromatic rings. The molecule has 2 unspecified atom stereocenters. The maximum absolute atomic E-state index is 13.7. The molecule has 0 radical (unpaired) electrons. The van der Waals surface area contributed by atoms with Crippen LogP contribution in [0.3, 0.4) is 0 Å². The van der Waals surface area contributed by atoms with Crippen molar-refractivity contribution in [2.24, 2.45) is 11.8 Å². The van der Waals surface area contributed by atoms with Gasteiger partial charge in [-0.05, 0) is 12.1 Å². The fourth-order valence-electron chi connectivity index (χ4n) is 1.91. The van der Waals surface area contributed by atoms with Gasteiger partial charge in [0.2, 0.25) is 11.8 Å². The Kier molecular flexibility index (Phi) is 3.23. The Morgan fingerprint density at radius 1 is 1.06 bits per heavy atom. The fraction of sp³-hybridized carbons (Fsp3) is 0.333. The molecular weight excluding hydrogens is 308 g/mol. The highest BCUT2D eigenvalue weighted by atomic mass is 79.9. The number of benzene rings is 1. The molecule has 2 amide bonds. The van der Waals surface area contributed by atoms with Gasteiger partial charge in [0.05, 0.1) is 0 Å². The van der Waals surface area contributed by atoms with Crippen LogP contribution in [0, 0.1) is 23.5 Å². The first-order valence-corrected chi connectivity index (χ1v) is 6.16. The maximum atomic E-state index is 13.7. The van der Waals surface area contributed by atoms with E-state index in [9.17, 15) is 18.4 Å². The lowest BCUT2D eigenvalue weighted by Crippen LogP contribution is -2.32. The molecule has 0 N–H and O–H groups in total. The topological polar surface area (TPSA) is 37.4 Å². The van der Waals surface area contributed by atoms with E-state index < -0.39 is 41.0 Å². The van der Waals surface area contributed by atoms with Crippen molar-refractivity contribution in [1.82, 2.24) is 0 Å². The Hall–Kier alpha value is -1.30. The summed E-state index contributed by atoms with van der Waals surface area (Å²) in [7, 11) is 0. The van der Waals surface area contributed by atoms with E-state index in [0.29, 0.717) is 4.90 Å². The molecule has 0 aliphatic carbocycles. The quantitative estimate of drug-likeness (QED) is 0.747. The number of carbonyl (C=O) groups excluding carboxylic acids is 2. The van der Waals surface area contributed by atoms with Crippen LogP contribution in [0.25, 0.3) is 0 Å². The number of hydrogen-bond donors (Lipinski definition) is 0. The molecule has 0 bridgehead atoms. The molecule has 1 aliphatic heterocycles. The lowest BCUT2D eigenvalue weighted by atomic mass is 10.00. The zero-order valence-electron chi connectivity index (χ0n) is 9.71. The van der Waals surface area contributed by atoms with Crippen LogP contribution in [-0.2, 0) is 9.59 Å². The van der Waals surface area contributed by atoms with E-state index in [0.717, 1.165) is 12.1 Å². The summed E-state index contributed by atoms with van der Waals surface area (Å²) in [6.45, 7) is 3.14. The van der Waals surface area contributed by atoms with Crippen LogP contribution in [0.1, 0.15) is 13.8 Å². The molecule has 3 nitrogen and oxygen atoms in total. The predicted molar refractivity (Wildman–Crippen MR) is 64.9 cm³/mol. The first-order valence-electron chi connectivity index (χ1n) is 5.37. The van der Waals surface area contributed by atoms with Crippen LogP contribution < -0.4 is 4.90 Å². The highest BCUT2D eigenvalue weighted by molar-refractivity contribution is 9.10. The van der Waals surface area contributed by atoms with E-state index >= 15 is 0 Å². The normalized spacial score (nSPS) is 23.9. The number of imide groups is 1. The van der Waals surface area contributed by atoms with Crippen molar-refractivity contribution in [3.8, 4) is 0 Å². The van der Waals surface area contributed by atoms with Crippen molar-refractivity contribution in [2.45, 2.75) is 13.8 Å². The molecular formula is C12H10BrF2NO2. The first kappa shape index (κ1) is 13.1. The Balaban J connectivity index is 2.57. The van der Waals surface area contributed by atoms with E-state index in [-0.39, 0.29) is 4.47 Å². The van der Waals surface area contributed by atoms with Gasteiger partial charge >= 0.3 is 0 Å². The van der Waals surface area contributed by atoms with Crippen molar-refractivity contribution >= 4 is 33.4 Å². The maximum Gasteiger partial charge on any atom is 0.237 e. The molecule has 18 heavy (non-hydrogen) atoms. The molecule has 2 rings (SSSR count). The Labute approximate surface area is 111 Å². The first-order chi connectivity index (χ1) is 8.34. The number of carbonyl (C=O) groups is 2. The van der Waals surface area contributed by atoms with Gasteiger partial charge in [-0.2, -0.15) is 0 Å². The lowest BCUT2D eigenvalue weighted by Gasteiger charge is -2.16. The average molecular weight is 318 g/mol. The molecule has 96 valence electrons. The van der Waals surface area contributed by atoms with Crippen molar-refractivity contribution in [2.75, 3.05) is 4.90 Å². The van der Waals surface area contributed by atoms with Crippen LogP contribution >= 0.6 is 15.9 Å². The van der Waals surface area contributed by atoms with Crippen molar-refractivity contribution in [1.29, 1.82) is 0 Å². The summed E-state index contributed by atoms with van der Waals surface area (Å²) in [4.78, 5) is 24.4. The van der Waals surface area contributed by atoms with Gasteiger partial charge in [-0.25, -0.2) is 13.7 Å². The molecule has 1 aliphatic rings. The van der Waals surface area contributed by atoms with E-state index in [4.69, 9.17) is 0 Å². The van der Waals surface area contributed by atoms with Crippen molar-refractivity contribution in [3.05, 3.63) is 28.2 Å². The number of rotatable bonds is 1. The second-order valence-electron chi connectivity index (χ2n) is 4.31. The summed E-state index contributed by atoms with van der Waals surface area (Å²) in [5.41, 5.74) is -0.593. The highest BCUT2D eigenvalue weighted by Gasteiger charge is 2.45. The number of anilines is 1. The molecule has 1 heterocycles. The van der Waals surface area contributed by atoms with Crippen LogP contribution in [-0.4, -0.2) is 11.8 Å². The molecule has 1 fully saturated rings. The minimum atomic E-state index is -0.940. The average Bonchev–Trinajstić information content (AvgIpc) is 2.45. The van der Waals surface area contributed by atoms with Gasteiger partial charge in [-0.15, -0.1) is 0 Å². The monoisotopic (exact) mass is 317 g/mol. The molecule has 1 aromatic carbocycles. The summed E-state index contributed by atoms with van der Waals surface area (Å²) in [5.74, 6) is -4.17. The van der Waals surface area contributed by atoms with Gasteiger partial charge in [0.25, 0.3) is 0 Å². The second-order valence-corrected chi connectivity index (χ2v) is 5.22. The second kappa shape index (κ2) is 4.42. The minimum Gasteiger partial charge on any atom is -0.274 e. The molecule has 6 heteroatoms. The summed E-state index contributed by atoms with van der Waals surface area (Å²) in [5, 5.41) is 0. The van der Waals surface area contributed by atoms with Gasteiger partial charge in [-0.1, -0.05) is 29.8 Å². The largest absolute Gasteiger partial charge is 0.274 e. The van der Waals surface area contributed by atoms with E-state index in [1.54, 1.807) is 13.8 Å². The standard InChI is InChI=1S/C12H10BrF2NO2/c1-5-6(2)12(18)16(11(5)17)10-8(14)3-7(13)4-9(10)15/h3-6H,1-2H3. The van der Waals surface area contributed by atoms with Gasteiger partial charge in [0.1, 0.15) is 5.69 Å². The van der Waals surface area contributed by atoms with Crippen LogP contribution in [0.4, 0.5) is 14.5 Å². The van der Waals surface area contributed by atoms with Crippen LogP contribution in [0.2, 0.25) is 0 Å². The van der Waals surface area contributed by atoms with E-state index in [1.807, 2.05) is 0 Å². The third kappa shape index (κ3) is 1.84. The Bertz CT molecular complexity index is 504.